The van der Waals surface area contributed by atoms with E-state index in [4.69, 9.17) is 0 Å². The monoisotopic (exact) mass is 430 g/mol. The lowest BCUT2D eigenvalue weighted by Gasteiger charge is -2.33. The summed E-state index contributed by atoms with van der Waals surface area (Å²) in [6.45, 7) is 5.08. The summed E-state index contributed by atoms with van der Waals surface area (Å²) in [7, 11) is 1.77. The molecule has 0 aromatic heterocycles. The van der Waals surface area contributed by atoms with Gasteiger partial charge in [-0.1, -0.05) is 37.3 Å². The van der Waals surface area contributed by atoms with E-state index < -0.39 is 0 Å². The van der Waals surface area contributed by atoms with Crippen molar-refractivity contribution < 1.29 is 4.79 Å². The molecule has 0 aliphatic carbocycles. The number of guanidine groups is 1. The molecular weight excluding hydrogens is 403 g/mol. The Labute approximate surface area is 156 Å². The highest BCUT2D eigenvalue weighted by molar-refractivity contribution is 14.0. The smallest absolute Gasteiger partial charge is 0.239 e. The maximum Gasteiger partial charge on any atom is 0.239 e. The van der Waals surface area contributed by atoms with Crippen LogP contribution < -0.4 is 10.6 Å². The molecule has 2 rings (SSSR count). The van der Waals surface area contributed by atoms with Crippen LogP contribution in [0.1, 0.15) is 25.3 Å². The Morgan fingerprint density at radius 1 is 1.30 bits per heavy atom. The number of hydrogen-bond acceptors (Lipinski definition) is 2. The summed E-state index contributed by atoms with van der Waals surface area (Å²) in [4.78, 5) is 18.5. The van der Waals surface area contributed by atoms with Crippen molar-refractivity contribution >= 4 is 35.8 Å². The Morgan fingerprint density at radius 2 is 2.04 bits per heavy atom. The number of piperidine rings is 1. The number of carbonyl (C=O) groups is 1. The van der Waals surface area contributed by atoms with Gasteiger partial charge >= 0.3 is 0 Å². The molecule has 23 heavy (non-hydrogen) atoms. The molecule has 0 saturated carbocycles. The molecule has 1 aromatic carbocycles. The Morgan fingerprint density at radius 3 is 2.70 bits per heavy atom. The van der Waals surface area contributed by atoms with Crippen LogP contribution in [0.3, 0.4) is 0 Å². The number of carbonyl (C=O) groups excluding carboxylic acids is 1. The molecule has 128 valence electrons. The summed E-state index contributed by atoms with van der Waals surface area (Å²) in [6, 6.07) is 9.91. The molecule has 1 fully saturated rings. The number of amides is 1. The number of aliphatic imine (C=N–C) groups is 1. The van der Waals surface area contributed by atoms with Gasteiger partial charge < -0.3 is 15.5 Å². The van der Waals surface area contributed by atoms with Gasteiger partial charge in [0.05, 0.1) is 6.54 Å². The van der Waals surface area contributed by atoms with E-state index in [2.05, 4.69) is 27.4 Å². The number of hydrogen-bond donors (Lipinski definition) is 2. The fourth-order valence-corrected chi connectivity index (χ4v) is 2.73. The summed E-state index contributed by atoms with van der Waals surface area (Å²) in [5.41, 5.74) is 1.10. The molecule has 1 saturated heterocycles. The summed E-state index contributed by atoms with van der Waals surface area (Å²) >= 11 is 0. The minimum atomic E-state index is -0.0185. The standard InChI is InChI=1S/C17H26N4O.HI/c1-14-7-6-10-21(13-14)17(18-2)20-12-16(22)19-11-15-8-4-3-5-9-15;/h3-5,8-9,14H,6-7,10-13H2,1-2H3,(H,18,20)(H,19,22);1H. The normalized spacial score (nSPS) is 18.1. The Kier molecular flexibility index (Phi) is 8.98. The van der Waals surface area contributed by atoms with Crippen LogP contribution in [0.4, 0.5) is 0 Å². The second kappa shape index (κ2) is 10.5. The molecule has 6 heteroatoms. The van der Waals surface area contributed by atoms with Gasteiger partial charge in [0.15, 0.2) is 5.96 Å². The van der Waals surface area contributed by atoms with Gasteiger partial charge in [-0.05, 0) is 24.3 Å². The third kappa shape index (κ3) is 6.76. The fourth-order valence-electron chi connectivity index (χ4n) is 2.73. The summed E-state index contributed by atoms with van der Waals surface area (Å²) in [6.07, 6.45) is 2.45. The minimum Gasteiger partial charge on any atom is -0.350 e. The second-order valence-electron chi connectivity index (χ2n) is 5.86. The lowest BCUT2D eigenvalue weighted by molar-refractivity contribution is -0.120. The summed E-state index contributed by atoms with van der Waals surface area (Å²) in [5, 5.41) is 6.07. The van der Waals surface area contributed by atoms with Gasteiger partial charge in [-0.25, -0.2) is 0 Å². The minimum absolute atomic E-state index is 0. The molecule has 0 bridgehead atoms. The molecular formula is C17H27IN4O. The van der Waals surface area contributed by atoms with Crippen LogP contribution in [0, 0.1) is 5.92 Å². The zero-order chi connectivity index (χ0) is 15.8. The predicted octanol–water partition coefficient (Wildman–Crippen LogP) is 2.23. The highest BCUT2D eigenvalue weighted by Gasteiger charge is 2.19. The first kappa shape index (κ1) is 19.7. The molecule has 5 nitrogen and oxygen atoms in total. The average Bonchev–Trinajstić information content (AvgIpc) is 2.54. The Bertz CT molecular complexity index is 507. The maximum absolute atomic E-state index is 11.9. The fraction of sp³-hybridized carbons (Fsp3) is 0.529. The predicted molar refractivity (Wildman–Crippen MR) is 105 cm³/mol. The van der Waals surface area contributed by atoms with Crippen LogP contribution in [0.25, 0.3) is 0 Å². The van der Waals surface area contributed by atoms with Crippen molar-refractivity contribution in [2.45, 2.75) is 26.3 Å². The van der Waals surface area contributed by atoms with Crippen LogP contribution in [0.15, 0.2) is 35.3 Å². The molecule has 1 aliphatic heterocycles. The molecule has 1 unspecified atom stereocenters. The van der Waals surface area contributed by atoms with Gasteiger partial charge in [-0.15, -0.1) is 24.0 Å². The molecule has 2 N–H and O–H groups in total. The summed E-state index contributed by atoms with van der Waals surface area (Å²) in [5.74, 6) is 1.48. The molecule has 0 radical (unpaired) electrons. The number of halogens is 1. The first-order valence-electron chi connectivity index (χ1n) is 7.95. The highest BCUT2D eigenvalue weighted by atomic mass is 127. The van der Waals surface area contributed by atoms with Crippen molar-refractivity contribution in [2.75, 3.05) is 26.7 Å². The molecule has 1 aromatic rings. The number of likely N-dealkylation sites (tertiary alicyclic amines) is 1. The van der Waals surface area contributed by atoms with Gasteiger partial charge in [0.25, 0.3) is 0 Å². The lowest BCUT2D eigenvalue weighted by Crippen LogP contribution is -2.48. The number of nitrogens with zero attached hydrogens (tertiary/aromatic N) is 2. The van der Waals surface area contributed by atoms with Gasteiger partial charge in [0, 0.05) is 26.7 Å². The van der Waals surface area contributed by atoms with Crippen molar-refractivity contribution in [1.29, 1.82) is 0 Å². The highest BCUT2D eigenvalue weighted by Crippen LogP contribution is 2.15. The quantitative estimate of drug-likeness (QED) is 0.438. The van der Waals surface area contributed by atoms with E-state index in [0.29, 0.717) is 12.5 Å². The van der Waals surface area contributed by atoms with E-state index >= 15 is 0 Å². The van der Waals surface area contributed by atoms with Crippen molar-refractivity contribution in [1.82, 2.24) is 15.5 Å². The second-order valence-corrected chi connectivity index (χ2v) is 5.86. The number of nitrogens with one attached hydrogen (secondary N) is 2. The van der Waals surface area contributed by atoms with Crippen molar-refractivity contribution in [3.05, 3.63) is 35.9 Å². The Balaban J connectivity index is 0.00000264. The van der Waals surface area contributed by atoms with Crippen LogP contribution in [-0.4, -0.2) is 43.4 Å². The van der Waals surface area contributed by atoms with Crippen LogP contribution >= 0.6 is 24.0 Å². The molecule has 1 heterocycles. The van der Waals surface area contributed by atoms with E-state index in [1.165, 1.54) is 12.8 Å². The third-order valence-electron chi connectivity index (χ3n) is 3.91. The lowest BCUT2D eigenvalue weighted by atomic mass is 10.0. The molecule has 1 amide bonds. The van der Waals surface area contributed by atoms with E-state index in [0.717, 1.165) is 24.6 Å². The van der Waals surface area contributed by atoms with E-state index in [1.807, 2.05) is 30.3 Å². The topological polar surface area (TPSA) is 56.7 Å². The van der Waals surface area contributed by atoms with Crippen LogP contribution in [0.5, 0.6) is 0 Å². The first-order valence-corrected chi connectivity index (χ1v) is 7.95. The van der Waals surface area contributed by atoms with Crippen LogP contribution in [-0.2, 0) is 11.3 Å². The molecule has 1 aliphatic rings. The molecule has 1 atom stereocenters. The SMILES string of the molecule is CN=C(NCC(=O)NCc1ccccc1)N1CCCC(C)C1.I. The van der Waals surface area contributed by atoms with Gasteiger partial charge in [-0.3, -0.25) is 9.79 Å². The average molecular weight is 430 g/mol. The third-order valence-corrected chi connectivity index (χ3v) is 3.91. The largest absolute Gasteiger partial charge is 0.350 e. The maximum atomic E-state index is 11.9. The zero-order valence-corrected chi connectivity index (χ0v) is 16.2. The van der Waals surface area contributed by atoms with Gasteiger partial charge in [0.2, 0.25) is 5.91 Å². The van der Waals surface area contributed by atoms with Crippen molar-refractivity contribution in [3.8, 4) is 0 Å². The number of rotatable bonds is 4. The van der Waals surface area contributed by atoms with E-state index in [1.54, 1.807) is 7.05 Å². The zero-order valence-electron chi connectivity index (χ0n) is 13.9. The van der Waals surface area contributed by atoms with E-state index in [9.17, 15) is 4.79 Å². The van der Waals surface area contributed by atoms with Gasteiger partial charge in [-0.2, -0.15) is 0 Å². The van der Waals surface area contributed by atoms with Crippen LogP contribution in [0.2, 0.25) is 0 Å². The van der Waals surface area contributed by atoms with E-state index in [-0.39, 0.29) is 36.4 Å². The van der Waals surface area contributed by atoms with Gasteiger partial charge in [0.1, 0.15) is 0 Å². The van der Waals surface area contributed by atoms with Crippen molar-refractivity contribution in [2.24, 2.45) is 10.9 Å². The first-order chi connectivity index (χ1) is 10.7. The van der Waals surface area contributed by atoms with Crippen molar-refractivity contribution in [3.63, 3.8) is 0 Å². The summed E-state index contributed by atoms with van der Waals surface area (Å²) < 4.78 is 0. The Hall–Kier alpha value is -1.31. The number of benzene rings is 1. The molecule has 0 spiro atoms.